The molecule has 5 N–H and O–H groups in total. The van der Waals surface area contributed by atoms with Gasteiger partial charge in [-0.1, -0.05) is 141 Å². The number of carbonyl (C=O) groups excluding carboxylic acids is 2. The molecule has 0 bridgehead atoms. The van der Waals surface area contributed by atoms with Crippen molar-refractivity contribution in [2.75, 3.05) is 7.05 Å². The summed E-state index contributed by atoms with van der Waals surface area (Å²) < 4.78 is 8.88. The molecular weight excluding hydrogens is 625 g/mol. The van der Waals surface area contributed by atoms with Gasteiger partial charge in [-0.05, 0) is 71.3 Å². The largest absolute Gasteiger partial charge is 0.466 e. The fourth-order valence-electron chi connectivity index (χ4n) is 5.72. The van der Waals surface area contributed by atoms with E-state index < -0.39 is 20.0 Å². The summed E-state index contributed by atoms with van der Waals surface area (Å²) in [5.74, 6) is -0.236. The molecule has 0 fully saturated rings. The van der Waals surface area contributed by atoms with Gasteiger partial charge >= 0.3 is 7.82 Å². The van der Waals surface area contributed by atoms with E-state index in [1.807, 2.05) is 0 Å². The fraction of sp³-hybridized carbons (Fsp3) is 0.846. The van der Waals surface area contributed by atoms with Gasteiger partial charge in [-0.25, -0.2) is 4.57 Å². The molecule has 2 unspecified atom stereocenters. The number of Topliss-reactive ketones (excluding diaryl/α,β-unsaturated/α-hetero) is 2. The standard InChI is InChI=1S/C39H73NO3.H3O4P/c1-4-6-8-10-12-14-16-18-20-22-24-26-28-30-32-34-36(41)38(40-3)39(43)37(42)35-33-31-29-27-25-23-21-19-17-15-13-11-9-7-5-2;1-5(2,3)4/h18-21,38-40,43H,4-17,22-35H2,1-3H3;(H3,1,2,3,4)/b20-18-,21-19-;. The van der Waals surface area contributed by atoms with Crippen molar-refractivity contribution in [1.82, 2.24) is 5.32 Å². The molecule has 0 aliphatic carbocycles. The number of allylic oxidation sites excluding steroid dienone is 4. The van der Waals surface area contributed by atoms with Gasteiger partial charge in [0.1, 0.15) is 6.10 Å². The van der Waals surface area contributed by atoms with Gasteiger partial charge in [-0.3, -0.25) is 9.59 Å². The highest BCUT2D eigenvalue weighted by atomic mass is 31.2. The Kier molecular flexibility index (Phi) is 37.9. The van der Waals surface area contributed by atoms with Crippen LogP contribution in [0.4, 0.5) is 0 Å². The Labute approximate surface area is 295 Å². The molecule has 284 valence electrons. The SMILES string of the molecule is CCCCCCCC/C=C\CCCCCCCC(=O)C(O)C(NC)C(=O)CCCCCCC/C=C\CCCCCCCC.O=P(O)(O)O. The van der Waals surface area contributed by atoms with E-state index in [-0.39, 0.29) is 11.6 Å². The smallest absolute Gasteiger partial charge is 0.383 e. The van der Waals surface area contributed by atoms with Crippen molar-refractivity contribution in [3.8, 4) is 0 Å². The molecule has 0 aliphatic heterocycles. The van der Waals surface area contributed by atoms with Gasteiger partial charge in [0.15, 0.2) is 11.6 Å². The van der Waals surface area contributed by atoms with Crippen LogP contribution in [0.2, 0.25) is 0 Å². The number of unbranched alkanes of at least 4 members (excludes halogenated alkanes) is 22. The summed E-state index contributed by atoms with van der Waals surface area (Å²) in [5.41, 5.74) is 0. The molecular formula is C39H76NO7P. The van der Waals surface area contributed by atoms with E-state index in [1.54, 1.807) is 7.05 Å². The van der Waals surface area contributed by atoms with Crippen molar-refractivity contribution in [2.24, 2.45) is 0 Å². The minimum Gasteiger partial charge on any atom is -0.383 e. The molecule has 0 aliphatic rings. The molecule has 48 heavy (non-hydrogen) atoms. The van der Waals surface area contributed by atoms with Crippen molar-refractivity contribution >= 4 is 19.4 Å². The highest BCUT2D eigenvalue weighted by Crippen LogP contribution is 2.25. The van der Waals surface area contributed by atoms with Gasteiger partial charge in [0.2, 0.25) is 0 Å². The topological polar surface area (TPSA) is 144 Å². The van der Waals surface area contributed by atoms with E-state index in [2.05, 4.69) is 43.5 Å². The molecule has 8 nitrogen and oxygen atoms in total. The highest BCUT2D eigenvalue weighted by Gasteiger charge is 2.29. The number of aliphatic hydroxyl groups is 1. The van der Waals surface area contributed by atoms with Crippen LogP contribution in [0.1, 0.15) is 194 Å². The minimum absolute atomic E-state index is 0.0366. The molecule has 2 atom stereocenters. The maximum atomic E-state index is 12.7. The van der Waals surface area contributed by atoms with Crippen molar-refractivity contribution < 1.29 is 33.9 Å². The van der Waals surface area contributed by atoms with Crippen LogP contribution in [0, 0.1) is 0 Å². The second-order valence-corrected chi connectivity index (χ2v) is 14.4. The summed E-state index contributed by atoms with van der Waals surface area (Å²) >= 11 is 0. The number of hydrogen-bond acceptors (Lipinski definition) is 5. The van der Waals surface area contributed by atoms with Crippen molar-refractivity contribution in [2.45, 2.75) is 206 Å². The lowest BCUT2D eigenvalue weighted by Gasteiger charge is -2.20. The fourth-order valence-corrected chi connectivity index (χ4v) is 5.72. The van der Waals surface area contributed by atoms with Gasteiger partial charge in [-0.15, -0.1) is 0 Å². The maximum absolute atomic E-state index is 12.7. The van der Waals surface area contributed by atoms with Crippen LogP contribution < -0.4 is 5.32 Å². The van der Waals surface area contributed by atoms with E-state index in [0.717, 1.165) is 51.4 Å². The maximum Gasteiger partial charge on any atom is 0.466 e. The summed E-state index contributed by atoms with van der Waals surface area (Å²) in [6, 6.07) is -0.771. The van der Waals surface area contributed by atoms with Crippen molar-refractivity contribution in [3.05, 3.63) is 24.3 Å². The van der Waals surface area contributed by atoms with Gasteiger partial charge in [-0.2, -0.15) is 0 Å². The Bertz CT molecular complexity index is 819. The number of ketones is 2. The van der Waals surface area contributed by atoms with Crippen LogP contribution in [0.3, 0.4) is 0 Å². The van der Waals surface area contributed by atoms with Crippen LogP contribution >= 0.6 is 7.82 Å². The third kappa shape index (κ3) is 39.3. The Balaban J connectivity index is 0. The van der Waals surface area contributed by atoms with E-state index >= 15 is 0 Å². The average Bonchev–Trinajstić information content (AvgIpc) is 3.04. The lowest BCUT2D eigenvalue weighted by molar-refractivity contribution is -0.134. The Morgan fingerprint density at radius 1 is 0.521 bits per heavy atom. The monoisotopic (exact) mass is 702 g/mol. The van der Waals surface area contributed by atoms with Gasteiger partial charge in [0.25, 0.3) is 0 Å². The van der Waals surface area contributed by atoms with E-state index in [9.17, 15) is 14.7 Å². The summed E-state index contributed by atoms with van der Waals surface area (Å²) in [6.07, 6.45) is 40.7. The first-order valence-electron chi connectivity index (χ1n) is 19.6. The summed E-state index contributed by atoms with van der Waals surface area (Å²) in [7, 11) is -2.97. The Morgan fingerprint density at radius 2 is 0.792 bits per heavy atom. The van der Waals surface area contributed by atoms with Gasteiger partial charge in [0.05, 0.1) is 6.04 Å². The van der Waals surface area contributed by atoms with Gasteiger partial charge < -0.3 is 25.1 Å². The predicted molar refractivity (Wildman–Crippen MR) is 202 cm³/mol. The molecule has 0 saturated heterocycles. The molecule has 0 aromatic rings. The zero-order chi connectivity index (χ0) is 36.1. The molecule has 9 heteroatoms. The first-order valence-corrected chi connectivity index (χ1v) is 21.1. The number of carbonyl (C=O) groups is 2. The Morgan fingerprint density at radius 3 is 1.10 bits per heavy atom. The molecule has 0 radical (unpaired) electrons. The molecule has 0 saturated carbocycles. The molecule has 0 spiro atoms. The number of nitrogens with one attached hydrogen (secondary N) is 1. The van der Waals surface area contributed by atoms with Crippen LogP contribution in [0.25, 0.3) is 0 Å². The molecule has 0 rings (SSSR count). The minimum atomic E-state index is -4.64. The number of aliphatic hydroxyl groups excluding tert-OH is 1. The Hall–Kier alpha value is -1.15. The van der Waals surface area contributed by atoms with Crippen LogP contribution in [-0.4, -0.2) is 50.5 Å². The average molecular weight is 702 g/mol. The summed E-state index contributed by atoms with van der Waals surface area (Å²) in [5, 5.41) is 13.4. The van der Waals surface area contributed by atoms with Crippen LogP contribution in [0.5, 0.6) is 0 Å². The van der Waals surface area contributed by atoms with E-state index in [0.29, 0.717) is 12.8 Å². The predicted octanol–water partition coefficient (Wildman–Crippen LogP) is 10.2. The zero-order valence-corrected chi connectivity index (χ0v) is 32.1. The highest BCUT2D eigenvalue weighted by molar-refractivity contribution is 7.45. The number of hydrogen-bond donors (Lipinski definition) is 5. The van der Waals surface area contributed by atoms with E-state index in [1.165, 1.54) is 116 Å². The second kappa shape index (κ2) is 37.1. The van der Waals surface area contributed by atoms with E-state index in [4.69, 9.17) is 19.2 Å². The third-order valence-electron chi connectivity index (χ3n) is 8.67. The van der Waals surface area contributed by atoms with Crippen molar-refractivity contribution in [1.29, 1.82) is 0 Å². The zero-order valence-electron chi connectivity index (χ0n) is 31.2. The lowest BCUT2D eigenvalue weighted by Crippen LogP contribution is -2.48. The molecule has 0 aromatic carbocycles. The molecule has 0 heterocycles. The first-order chi connectivity index (χ1) is 23.1. The van der Waals surface area contributed by atoms with Gasteiger partial charge in [0, 0.05) is 12.8 Å². The number of rotatable bonds is 34. The quantitative estimate of drug-likeness (QED) is 0.0253. The second-order valence-electron chi connectivity index (χ2n) is 13.3. The first kappa shape index (κ1) is 49.0. The molecule has 0 amide bonds. The van der Waals surface area contributed by atoms with Crippen LogP contribution in [-0.2, 0) is 14.2 Å². The lowest BCUT2D eigenvalue weighted by atomic mass is 9.95. The van der Waals surface area contributed by atoms with Crippen LogP contribution in [0.15, 0.2) is 24.3 Å². The third-order valence-corrected chi connectivity index (χ3v) is 8.67. The number of phosphoric acid groups is 1. The van der Waals surface area contributed by atoms with Crippen molar-refractivity contribution in [3.63, 3.8) is 0 Å². The normalized spacial score (nSPS) is 13.1. The molecule has 0 aromatic heterocycles. The summed E-state index contributed by atoms with van der Waals surface area (Å²) in [4.78, 5) is 46.8. The summed E-state index contributed by atoms with van der Waals surface area (Å²) in [6.45, 7) is 4.52. The number of likely N-dealkylation sites (N-methyl/N-ethyl adjacent to an activating group) is 1.